The zero-order valence-corrected chi connectivity index (χ0v) is 12.2. The van der Waals surface area contributed by atoms with Gasteiger partial charge in [-0.05, 0) is 31.5 Å². The molecule has 0 amide bonds. The molecule has 0 spiro atoms. The first-order valence-electron chi connectivity index (χ1n) is 6.59. The summed E-state index contributed by atoms with van der Waals surface area (Å²) in [6.07, 6.45) is 1.33. The molecule has 0 radical (unpaired) electrons. The molecule has 0 bridgehead atoms. The van der Waals surface area contributed by atoms with Gasteiger partial charge in [-0.3, -0.25) is 10.1 Å². The molecule has 1 N–H and O–H groups in total. The minimum Gasteiger partial charge on any atom is -0.367 e. The fourth-order valence-corrected chi connectivity index (χ4v) is 2.17. The second-order valence-corrected chi connectivity index (χ2v) is 4.48. The van der Waals surface area contributed by atoms with Crippen molar-refractivity contribution in [2.24, 2.45) is 0 Å². The smallest absolute Gasteiger partial charge is 0.353 e. The maximum Gasteiger partial charge on any atom is 0.353 e. The molecule has 0 saturated heterocycles. The average molecular weight is 287 g/mol. The Labute approximate surface area is 122 Å². The van der Waals surface area contributed by atoms with Gasteiger partial charge in [0.25, 0.3) is 0 Å². The van der Waals surface area contributed by atoms with E-state index in [1.807, 2.05) is 38.1 Å². The molecule has 110 valence electrons. The predicted molar refractivity (Wildman–Crippen MR) is 82.1 cm³/mol. The molecule has 7 heteroatoms. The van der Waals surface area contributed by atoms with Crippen LogP contribution in [0, 0.1) is 17.0 Å². The number of anilines is 3. The van der Waals surface area contributed by atoms with Gasteiger partial charge in [-0.2, -0.15) is 0 Å². The summed E-state index contributed by atoms with van der Waals surface area (Å²) in [7, 11) is 1.60. The van der Waals surface area contributed by atoms with Crippen LogP contribution in [0.15, 0.2) is 30.6 Å². The van der Waals surface area contributed by atoms with Crippen LogP contribution in [0.2, 0.25) is 0 Å². The fraction of sp³-hybridized carbons (Fsp3) is 0.286. The van der Waals surface area contributed by atoms with Crippen molar-refractivity contribution >= 4 is 23.0 Å². The van der Waals surface area contributed by atoms with E-state index in [1.165, 1.54) is 6.33 Å². The highest BCUT2D eigenvalue weighted by molar-refractivity contribution is 5.75. The summed E-state index contributed by atoms with van der Waals surface area (Å²) >= 11 is 0. The van der Waals surface area contributed by atoms with E-state index < -0.39 is 4.92 Å². The van der Waals surface area contributed by atoms with Gasteiger partial charge in [0.15, 0.2) is 0 Å². The number of benzene rings is 1. The summed E-state index contributed by atoms with van der Waals surface area (Å²) < 4.78 is 0. The monoisotopic (exact) mass is 287 g/mol. The number of nitrogens with zero attached hydrogens (tertiary/aromatic N) is 4. The Morgan fingerprint density at radius 3 is 2.71 bits per heavy atom. The number of aryl methyl sites for hydroxylation is 1. The molecule has 0 saturated carbocycles. The lowest BCUT2D eigenvalue weighted by Crippen LogP contribution is -2.19. The van der Waals surface area contributed by atoms with Crippen LogP contribution in [0.3, 0.4) is 0 Å². The summed E-state index contributed by atoms with van der Waals surface area (Å²) in [5.74, 6) is 0.489. The molecular weight excluding hydrogens is 270 g/mol. The SMILES string of the molecule is CCN(c1cccc(C)c1)c1ncnc(NC)c1[N+](=O)[O-]. The van der Waals surface area contributed by atoms with Crippen molar-refractivity contribution in [2.45, 2.75) is 13.8 Å². The fourth-order valence-electron chi connectivity index (χ4n) is 2.17. The van der Waals surface area contributed by atoms with Crippen molar-refractivity contribution in [1.29, 1.82) is 0 Å². The molecule has 0 fully saturated rings. The molecule has 1 aromatic heterocycles. The van der Waals surface area contributed by atoms with Gasteiger partial charge in [-0.1, -0.05) is 12.1 Å². The lowest BCUT2D eigenvalue weighted by Gasteiger charge is -2.22. The minimum atomic E-state index is -0.459. The molecular formula is C14H17N5O2. The van der Waals surface area contributed by atoms with E-state index in [-0.39, 0.29) is 17.3 Å². The van der Waals surface area contributed by atoms with Gasteiger partial charge in [0, 0.05) is 19.3 Å². The normalized spacial score (nSPS) is 10.2. The maximum absolute atomic E-state index is 11.4. The van der Waals surface area contributed by atoms with Gasteiger partial charge in [-0.15, -0.1) is 0 Å². The average Bonchev–Trinajstić information content (AvgIpc) is 2.47. The van der Waals surface area contributed by atoms with Crippen molar-refractivity contribution in [1.82, 2.24) is 9.97 Å². The number of hydrogen-bond acceptors (Lipinski definition) is 6. The van der Waals surface area contributed by atoms with Crippen LogP contribution >= 0.6 is 0 Å². The third kappa shape index (κ3) is 2.91. The number of hydrogen-bond donors (Lipinski definition) is 1. The lowest BCUT2D eigenvalue weighted by atomic mass is 10.2. The topological polar surface area (TPSA) is 84.2 Å². The zero-order valence-electron chi connectivity index (χ0n) is 12.2. The van der Waals surface area contributed by atoms with E-state index in [0.29, 0.717) is 6.54 Å². The van der Waals surface area contributed by atoms with Crippen molar-refractivity contribution in [2.75, 3.05) is 23.8 Å². The van der Waals surface area contributed by atoms with Crippen molar-refractivity contribution in [3.8, 4) is 0 Å². The van der Waals surface area contributed by atoms with Crippen LogP contribution in [0.1, 0.15) is 12.5 Å². The highest BCUT2D eigenvalue weighted by Gasteiger charge is 2.26. The highest BCUT2D eigenvalue weighted by Crippen LogP contribution is 2.35. The number of nitro groups is 1. The molecule has 0 atom stereocenters. The summed E-state index contributed by atoms with van der Waals surface area (Å²) in [6, 6.07) is 7.76. The Balaban J connectivity index is 2.60. The second kappa shape index (κ2) is 6.17. The van der Waals surface area contributed by atoms with Gasteiger partial charge in [0.1, 0.15) is 6.33 Å². The molecule has 0 aliphatic carbocycles. The van der Waals surface area contributed by atoms with Crippen molar-refractivity contribution in [3.05, 3.63) is 46.3 Å². The van der Waals surface area contributed by atoms with Crippen molar-refractivity contribution < 1.29 is 4.92 Å². The third-order valence-corrected chi connectivity index (χ3v) is 3.11. The van der Waals surface area contributed by atoms with E-state index in [4.69, 9.17) is 0 Å². The van der Waals surface area contributed by atoms with Crippen LogP contribution in [0.5, 0.6) is 0 Å². The first kappa shape index (κ1) is 14.7. The summed E-state index contributed by atoms with van der Waals surface area (Å²) in [5.41, 5.74) is 1.82. The Kier molecular flexibility index (Phi) is 4.32. The molecule has 0 aliphatic heterocycles. The van der Waals surface area contributed by atoms with Crippen LogP contribution in [-0.2, 0) is 0 Å². The van der Waals surface area contributed by atoms with Crippen LogP contribution < -0.4 is 10.2 Å². The van der Waals surface area contributed by atoms with E-state index in [1.54, 1.807) is 11.9 Å². The number of aromatic nitrogens is 2. The number of nitrogens with one attached hydrogen (secondary N) is 1. The molecule has 2 rings (SSSR count). The first-order chi connectivity index (χ1) is 10.1. The maximum atomic E-state index is 11.4. The highest BCUT2D eigenvalue weighted by atomic mass is 16.6. The van der Waals surface area contributed by atoms with Crippen LogP contribution in [-0.4, -0.2) is 28.5 Å². The van der Waals surface area contributed by atoms with Crippen LogP contribution in [0.25, 0.3) is 0 Å². The van der Waals surface area contributed by atoms with E-state index >= 15 is 0 Å². The molecule has 0 aliphatic rings. The Morgan fingerprint density at radius 1 is 1.38 bits per heavy atom. The second-order valence-electron chi connectivity index (χ2n) is 4.48. The summed E-state index contributed by atoms with van der Waals surface area (Å²) in [6.45, 7) is 4.46. The summed E-state index contributed by atoms with van der Waals surface area (Å²) in [4.78, 5) is 20.8. The quantitative estimate of drug-likeness (QED) is 0.672. The first-order valence-corrected chi connectivity index (χ1v) is 6.59. The summed E-state index contributed by atoms with van der Waals surface area (Å²) in [5, 5.41) is 14.1. The Hall–Kier alpha value is -2.70. The van der Waals surface area contributed by atoms with E-state index in [9.17, 15) is 10.1 Å². The van der Waals surface area contributed by atoms with Gasteiger partial charge in [-0.25, -0.2) is 9.97 Å². The molecule has 2 aromatic rings. The molecule has 7 nitrogen and oxygen atoms in total. The van der Waals surface area contributed by atoms with E-state index in [2.05, 4.69) is 15.3 Å². The molecule has 1 heterocycles. The molecule has 21 heavy (non-hydrogen) atoms. The predicted octanol–water partition coefficient (Wildman–Crippen LogP) is 2.89. The van der Waals surface area contributed by atoms with Gasteiger partial charge in [0.05, 0.1) is 4.92 Å². The third-order valence-electron chi connectivity index (χ3n) is 3.11. The van der Waals surface area contributed by atoms with Crippen LogP contribution in [0.4, 0.5) is 23.0 Å². The van der Waals surface area contributed by atoms with E-state index in [0.717, 1.165) is 11.3 Å². The molecule has 1 aromatic carbocycles. The largest absolute Gasteiger partial charge is 0.367 e. The van der Waals surface area contributed by atoms with Gasteiger partial charge < -0.3 is 10.2 Å². The number of rotatable bonds is 5. The Morgan fingerprint density at radius 2 is 2.14 bits per heavy atom. The minimum absolute atomic E-state index is 0.122. The molecule has 0 unspecified atom stereocenters. The zero-order chi connectivity index (χ0) is 15.4. The van der Waals surface area contributed by atoms with Crippen molar-refractivity contribution in [3.63, 3.8) is 0 Å². The Bertz CT molecular complexity index is 660. The van der Waals surface area contributed by atoms with Gasteiger partial charge in [0.2, 0.25) is 11.6 Å². The lowest BCUT2D eigenvalue weighted by molar-refractivity contribution is -0.383. The standard InChI is InChI=1S/C14H17N5O2/c1-4-18(11-7-5-6-10(2)8-11)14-12(19(20)21)13(15-3)16-9-17-14/h5-9H,4H2,1-3H3,(H,15,16,17). The van der Waals surface area contributed by atoms with Gasteiger partial charge >= 0.3 is 5.69 Å².